The van der Waals surface area contributed by atoms with Crippen LogP contribution in [0.15, 0.2) is 0 Å². The molecule has 0 saturated carbocycles. The van der Waals surface area contributed by atoms with Crippen LogP contribution in [-0.4, -0.2) is 49.7 Å². The molecule has 0 fully saturated rings. The van der Waals surface area contributed by atoms with Crippen LogP contribution in [0.2, 0.25) is 0 Å². The van der Waals surface area contributed by atoms with Crippen molar-refractivity contribution in [2.24, 2.45) is 11.3 Å². The predicted octanol–water partition coefficient (Wildman–Crippen LogP) is 3.10. The number of rotatable bonds is 16. The molecule has 0 radical (unpaired) electrons. The monoisotopic (exact) mass is 402 g/mol. The third kappa shape index (κ3) is 6.58. The molecule has 0 amide bonds. The molecule has 0 aromatic carbocycles. The first-order valence-corrected chi connectivity index (χ1v) is 9.97. The molecular formula is C20H34O8. The van der Waals surface area contributed by atoms with Crippen LogP contribution in [0.4, 0.5) is 0 Å². The maximum Gasteiger partial charge on any atom is 0.337 e. The van der Waals surface area contributed by atoms with E-state index in [2.05, 4.69) is 0 Å². The molecule has 0 aromatic heterocycles. The molecule has 8 heteroatoms. The van der Waals surface area contributed by atoms with E-state index in [1.165, 1.54) is 0 Å². The zero-order chi connectivity index (χ0) is 22.0. The average Bonchev–Trinajstić information content (AvgIpc) is 2.60. The third-order valence-electron chi connectivity index (χ3n) is 5.33. The number of aliphatic carboxylic acids is 3. The Labute approximate surface area is 165 Å². The summed E-state index contributed by atoms with van der Waals surface area (Å²) in [6.07, 6.45) is 4.03. The average molecular weight is 402 g/mol. The molecule has 2 unspecified atom stereocenters. The van der Waals surface area contributed by atoms with Gasteiger partial charge in [-0.2, -0.15) is 0 Å². The number of Topliss-reactive ketones (excluding diaryl/α,β-unsaturated/α-hetero) is 1. The summed E-state index contributed by atoms with van der Waals surface area (Å²) in [6, 6.07) is 0. The summed E-state index contributed by atoms with van der Waals surface area (Å²) in [5.74, 6) is -8.74. The van der Waals surface area contributed by atoms with Crippen LogP contribution in [0.1, 0.15) is 85.0 Å². The molecule has 8 nitrogen and oxygen atoms in total. The molecular weight excluding hydrogens is 368 g/mol. The number of aliphatic hydroxyl groups is 1. The summed E-state index contributed by atoms with van der Waals surface area (Å²) in [5.41, 5.74) is -4.29. The van der Waals surface area contributed by atoms with Gasteiger partial charge in [-0.25, -0.2) is 4.79 Å². The Balaban J connectivity index is 6.35. The molecule has 162 valence electrons. The molecule has 0 aliphatic carbocycles. The highest BCUT2D eigenvalue weighted by atomic mass is 16.4. The first-order chi connectivity index (χ1) is 13.0. The fourth-order valence-corrected chi connectivity index (χ4v) is 3.66. The molecule has 0 saturated heterocycles. The van der Waals surface area contributed by atoms with Crippen molar-refractivity contribution in [3.05, 3.63) is 0 Å². The quantitative estimate of drug-likeness (QED) is 0.288. The first-order valence-electron chi connectivity index (χ1n) is 9.97. The second-order valence-electron chi connectivity index (χ2n) is 7.53. The highest BCUT2D eigenvalue weighted by Gasteiger charge is 2.57. The second kappa shape index (κ2) is 11.8. The molecule has 0 bridgehead atoms. The van der Waals surface area contributed by atoms with Gasteiger partial charge in [-0.1, -0.05) is 59.3 Å². The van der Waals surface area contributed by atoms with Gasteiger partial charge in [0.25, 0.3) is 0 Å². The lowest BCUT2D eigenvalue weighted by Crippen LogP contribution is -2.57. The van der Waals surface area contributed by atoms with Gasteiger partial charge in [0, 0.05) is 5.41 Å². The molecule has 0 aliphatic rings. The van der Waals surface area contributed by atoms with Gasteiger partial charge < -0.3 is 20.4 Å². The molecule has 0 rings (SSSR count). The summed E-state index contributed by atoms with van der Waals surface area (Å²) in [4.78, 5) is 48.1. The molecule has 0 aliphatic heterocycles. The summed E-state index contributed by atoms with van der Waals surface area (Å²) in [5, 5.41) is 38.6. The van der Waals surface area contributed by atoms with Crippen molar-refractivity contribution in [2.75, 3.05) is 0 Å². The zero-order valence-electron chi connectivity index (χ0n) is 17.1. The van der Waals surface area contributed by atoms with E-state index < -0.39 is 47.0 Å². The number of carbonyl (C=O) groups excluding carboxylic acids is 1. The van der Waals surface area contributed by atoms with Crippen LogP contribution in [-0.2, 0) is 19.2 Å². The minimum Gasteiger partial charge on any atom is -0.481 e. The normalized spacial score (nSPS) is 14.9. The van der Waals surface area contributed by atoms with Gasteiger partial charge in [0.1, 0.15) is 0 Å². The summed E-state index contributed by atoms with van der Waals surface area (Å²) < 4.78 is 0. The summed E-state index contributed by atoms with van der Waals surface area (Å²) in [6.45, 7) is 5.80. The summed E-state index contributed by atoms with van der Waals surface area (Å²) in [7, 11) is 0. The van der Waals surface area contributed by atoms with Crippen molar-refractivity contribution in [3.63, 3.8) is 0 Å². The zero-order valence-corrected chi connectivity index (χ0v) is 17.1. The lowest BCUT2D eigenvalue weighted by atomic mass is 9.64. The smallest absolute Gasteiger partial charge is 0.337 e. The van der Waals surface area contributed by atoms with Crippen molar-refractivity contribution in [1.29, 1.82) is 0 Å². The predicted molar refractivity (Wildman–Crippen MR) is 102 cm³/mol. The maximum atomic E-state index is 13.5. The van der Waals surface area contributed by atoms with Crippen LogP contribution in [0.25, 0.3) is 0 Å². The first kappa shape index (κ1) is 26.0. The number of carbonyl (C=O) groups is 4. The summed E-state index contributed by atoms with van der Waals surface area (Å²) >= 11 is 0. The van der Waals surface area contributed by atoms with Crippen molar-refractivity contribution >= 4 is 23.7 Å². The van der Waals surface area contributed by atoms with Crippen molar-refractivity contribution in [3.8, 4) is 0 Å². The number of hydrogen-bond acceptors (Lipinski definition) is 5. The second-order valence-corrected chi connectivity index (χ2v) is 7.53. The topological polar surface area (TPSA) is 149 Å². The third-order valence-corrected chi connectivity index (χ3v) is 5.33. The van der Waals surface area contributed by atoms with Gasteiger partial charge in [-0.05, 0) is 19.3 Å². The Kier molecular flexibility index (Phi) is 11.0. The van der Waals surface area contributed by atoms with Crippen LogP contribution in [0.5, 0.6) is 0 Å². The Hall–Kier alpha value is -1.96. The van der Waals surface area contributed by atoms with Gasteiger partial charge in [0.2, 0.25) is 0 Å². The maximum absolute atomic E-state index is 13.5. The molecule has 0 spiro atoms. The number of carboxylic acid groups (broad SMARTS) is 3. The molecule has 2 atom stereocenters. The van der Waals surface area contributed by atoms with Crippen molar-refractivity contribution < 1.29 is 39.6 Å². The van der Waals surface area contributed by atoms with Crippen LogP contribution >= 0.6 is 0 Å². The Morgan fingerprint density at radius 1 is 0.786 bits per heavy atom. The van der Waals surface area contributed by atoms with Gasteiger partial charge in [0.05, 0.1) is 6.42 Å². The molecule has 28 heavy (non-hydrogen) atoms. The van der Waals surface area contributed by atoms with Crippen molar-refractivity contribution in [2.45, 2.75) is 90.6 Å². The fraction of sp³-hybridized carbons (Fsp3) is 0.800. The van der Waals surface area contributed by atoms with E-state index in [0.29, 0.717) is 38.5 Å². The van der Waals surface area contributed by atoms with E-state index in [1.54, 1.807) is 0 Å². The highest BCUT2D eigenvalue weighted by Crippen LogP contribution is 2.42. The van der Waals surface area contributed by atoms with Gasteiger partial charge in [-0.15, -0.1) is 0 Å². The lowest BCUT2D eigenvalue weighted by Gasteiger charge is -2.38. The largest absolute Gasteiger partial charge is 0.481 e. The van der Waals surface area contributed by atoms with Gasteiger partial charge >= 0.3 is 17.9 Å². The standard InChI is InChI=1S/C20H34O8/c1-4-7-10-19(11-8-5-2,12-9-6-3)16(23)15(17(24)25)20(28,18(26)27)13-14(21)22/h15,28H,4-13H2,1-3H3,(H,21,22)(H,24,25)(H,26,27). The van der Waals surface area contributed by atoms with E-state index in [4.69, 9.17) is 5.11 Å². The number of ketones is 1. The molecule has 0 aromatic rings. The molecule has 0 heterocycles. The van der Waals surface area contributed by atoms with E-state index in [-0.39, 0.29) is 0 Å². The van der Waals surface area contributed by atoms with E-state index in [0.717, 1.165) is 19.3 Å². The van der Waals surface area contributed by atoms with E-state index in [9.17, 15) is 34.5 Å². The number of unbranched alkanes of at least 4 members (excludes halogenated alkanes) is 3. The van der Waals surface area contributed by atoms with Gasteiger partial charge in [-0.3, -0.25) is 14.4 Å². The fourth-order valence-electron chi connectivity index (χ4n) is 3.66. The Bertz CT molecular complexity index is 535. The van der Waals surface area contributed by atoms with E-state index in [1.807, 2.05) is 20.8 Å². The highest BCUT2D eigenvalue weighted by molar-refractivity contribution is 6.07. The van der Waals surface area contributed by atoms with Crippen LogP contribution in [0.3, 0.4) is 0 Å². The van der Waals surface area contributed by atoms with Crippen LogP contribution in [0, 0.1) is 11.3 Å². The number of hydrogen-bond donors (Lipinski definition) is 4. The van der Waals surface area contributed by atoms with Gasteiger partial charge in [0.15, 0.2) is 17.3 Å². The van der Waals surface area contributed by atoms with Crippen LogP contribution < -0.4 is 0 Å². The minimum atomic E-state index is -3.20. The molecule has 4 N–H and O–H groups in total. The van der Waals surface area contributed by atoms with Crippen molar-refractivity contribution in [1.82, 2.24) is 0 Å². The van der Waals surface area contributed by atoms with E-state index >= 15 is 0 Å². The number of carboxylic acids is 3. The Morgan fingerprint density at radius 3 is 1.43 bits per heavy atom. The lowest BCUT2D eigenvalue weighted by molar-refractivity contribution is -0.183. The SMILES string of the molecule is CCCCC(CCCC)(CCCC)C(=O)C(C(=O)O)C(O)(CC(=O)O)C(=O)O. The Morgan fingerprint density at radius 2 is 1.18 bits per heavy atom. The minimum absolute atomic E-state index is 0.384.